The lowest BCUT2D eigenvalue weighted by molar-refractivity contribution is 0.313. The van der Waals surface area contributed by atoms with Crippen molar-refractivity contribution in [1.29, 1.82) is 0 Å². The fourth-order valence-corrected chi connectivity index (χ4v) is 3.14. The highest BCUT2D eigenvalue weighted by atomic mass is 16.5. The molecule has 4 nitrogen and oxygen atoms in total. The minimum absolute atomic E-state index is 0.310. The van der Waals surface area contributed by atoms with E-state index in [2.05, 4.69) is 24.1 Å². The molecule has 3 aromatic rings. The standard InChI is InChI=1S/C22H25NO3/c1-4-26-18-9-5-16(6-10-18)14-23(2)15-21-20-13-19(25-3)11-7-17(20)8-12-22(21)24/h5-13,24H,4,14-15H2,1-3H3. The number of methoxy groups -OCH3 is 1. The van der Waals surface area contributed by atoms with Crippen LogP contribution in [-0.2, 0) is 13.1 Å². The minimum atomic E-state index is 0.310. The molecule has 0 heterocycles. The average Bonchev–Trinajstić information content (AvgIpc) is 2.65. The number of aromatic hydroxyl groups is 1. The van der Waals surface area contributed by atoms with Crippen LogP contribution in [0.15, 0.2) is 54.6 Å². The van der Waals surface area contributed by atoms with Crippen molar-refractivity contribution >= 4 is 10.8 Å². The number of benzene rings is 3. The summed E-state index contributed by atoms with van der Waals surface area (Å²) < 4.78 is 10.8. The fourth-order valence-electron chi connectivity index (χ4n) is 3.14. The predicted molar refractivity (Wildman–Crippen MR) is 105 cm³/mol. The number of hydrogen-bond donors (Lipinski definition) is 1. The zero-order valence-corrected chi connectivity index (χ0v) is 15.5. The van der Waals surface area contributed by atoms with Crippen LogP contribution in [0.25, 0.3) is 10.8 Å². The van der Waals surface area contributed by atoms with E-state index < -0.39 is 0 Å². The second-order valence-corrected chi connectivity index (χ2v) is 6.40. The van der Waals surface area contributed by atoms with Crippen LogP contribution < -0.4 is 9.47 Å². The van der Waals surface area contributed by atoms with E-state index in [0.717, 1.165) is 34.4 Å². The summed E-state index contributed by atoms with van der Waals surface area (Å²) in [7, 11) is 3.70. The third-order valence-electron chi connectivity index (χ3n) is 4.43. The molecule has 3 rings (SSSR count). The van der Waals surface area contributed by atoms with Crippen LogP contribution in [0.4, 0.5) is 0 Å². The predicted octanol–water partition coefficient (Wildman–Crippen LogP) is 4.58. The van der Waals surface area contributed by atoms with Gasteiger partial charge in [-0.2, -0.15) is 0 Å². The first-order chi connectivity index (χ1) is 12.6. The van der Waals surface area contributed by atoms with Gasteiger partial charge >= 0.3 is 0 Å². The Bertz CT molecular complexity index is 874. The summed E-state index contributed by atoms with van der Waals surface area (Å²) in [5, 5.41) is 12.5. The molecule has 0 aliphatic heterocycles. The van der Waals surface area contributed by atoms with Crippen molar-refractivity contribution in [2.45, 2.75) is 20.0 Å². The largest absolute Gasteiger partial charge is 0.508 e. The molecule has 0 spiro atoms. The van der Waals surface area contributed by atoms with E-state index in [4.69, 9.17) is 9.47 Å². The van der Waals surface area contributed by atoms with Crippen LogP contribution in [0.5, 0.6) is 17.2 Å². The van der Waals surface area contributed by atoms with Crippen molar-refractivity contribution in [1.82, 2.24) is 4.90 Å². The number of hydrogen-bond acceptors (Lipinski definition) is 4. The molecule has 0 aromatic heterocycles. The van der Waals surface area contributed by atoms with Gasteiger partial charge in [-0.05, 0) is 60.6 Å². The number of phenols is 1. The summed E-state index contributed by atoms with van der Waals surface area (Å²) in [6.07, 6.45) is 0. The first-order valence-corrected chi connectivity index (χ1v) is 8.79. The fraction of sp³-hybridized carbons (Fsp3) is 0.273. The maximum absolute atomic E-state index is 10.4. The Kier molecular flexibility index (Phi) is 5.64. The van der Waals surface area contributed by atoms with Crippen molar-refractivity contribution in [3.8, 4) is 17.2 Å². The SMILES string of the molecule is CCOc1ccc(CN(C)Cc2c(O)ccc3ccc(OC)cc23)cc1. The number of phenolic OH excluding ortho intramolecular Hbond substituents is 1. The molecule has 136 valence electrons. The van der Waals surface area contributed by atoms with Crippen LogP contribution in [0.3, 0.4) is 0 Å². The normalized spacial score (nSPS) is 11.1. The summed E-state index contributed by atoms with van der Waals surface area (Å²) in [4.78, 5) is 2.18. The van der Waals surface area contributed by atoms with Crippen LogP contribution >= 0.6 is 0 Å². The number of ether oxygens (including phenoxy) is 2. The Morgan fingerprint density at radius 3 is 2.31 bits per heavy atom. The van der Waals surface area contributed by atoms with Gasteiger partial charge in [-0.25, -0.2) is 0 Å². The molecule has 1 N–H and O–H groups in total. The van der Waals surface area contributed by atoms with Gasteiger partial charge < -0.3 is 14.6 Å². The summed E-state index contributed by atoms with van der Waals surface area (Å²) in [5.74, 6) is 1.99. The van der Waals surface area contributed by atoms with Gasteiger partial charge in [-0.15, -0.1) is 0 Å². The second kappa shape index (κ2) is 8.11. The third-order valence-corrected chi connectivity index (χ3v) is 4.43. The van der Waals surface area contributed by atoms with Crippen LogP contribution in [-0.4, -0.2) is 30.8 Å². The van der Waals surface area contributed by atoms with Crippen molar-refractivity contribution in [2.24, 2.45) is 0 Å². The highest BCUT2D eigenvalue weighted by Crippen LogP contribution is 2.31. The zero-order valence-electron chi connectivity index (χ0n) is 15.5. The van der Waals surface area contributed by atoms with Gasteiger partial charge in [-0.3, -0.25) is 4.90 Å². The topological polar surface area (TPSA) is 41.9 Å². The lowest BCUT2D eigenvalue weighted by Gasteiger charge is -2.19. The number of nitrogens with zero attached hydrogens (tertiary/aromatic N) is 1. The molecular formula is C22H25NO3. The second-order valence-electron chi connectivity index (χ2n) is 6.40. The quantitative estimate of drug-likeness (QED) is 0.676. The molecule has 0 bridgehead atoms. The molecule has 0 radical (unpaired) electrons. The van der Waals surface area contributed by atoms with E-state index in [1.807, 2.05) is 43.3 Å². The number of rotatable bonds is 7. The molecule has 0 saturated carbocycles. The molecule has 0 saturated heterocycles. The van der Waals surface area contributed by atoms with Gasteiger partial charge in [-0.1, -0.05) is 24.3 Å². The van der Waals surface area contributed by atoms with Gasteiger partial charge in [0.15, 0.2) is 0 Å². The first-order valence-electron chi connectivity index (χ1n) is 8.79. The van der Waals surface area contributed by atoms with Gasteiger partial charge in [0.1, 0.15) is 17.2 Å². The molecule has 0 unspecified atom stereocenters. The van der Waals surface area contributed by atoms with E-state index in [0.29, 0.717) is 18.9 Å². The summed E-state index contributed by atoms with van der Waals surface area (Å²) in [5.41, 5.74) is 2.11. The van der Waals surface area contributed by atoms with Gasteiger partial charge in [0.2, 0.25) is 0 Å². The van der Waals surface area contributed by atoms with Crippen LogP contribution in [0, 0.1) is 0 Å². The Hall–Kier alpha value is -2.72. The van der Waals surface area contributed by atoms with Crippen molar-refractivity contribution < 1.29 is 14.6 Å². The maximum Gasteiger partial charge on any atom is 0.120 e. The van der Waals surface area contributed by atoms with E-state index in [9.17, 15) is 5.11 Å². The highest BCUT2D eigenvalue weighted by molar-refractivity contribution is 5.88. The molecule has 0 fully saturated rings. The lowest BCUT2D eigenvalue weighted by Crippen LogP contribution is -2.17. The van der Waals surface area contributed by atoms with Gasteiger partial charge in [0, 0.05) is 18.7 Å². The van der Waals surface area contributed by atoms with Gasteiger partial charge in [0.05, 0.1) is 13.7 Å². The summed E-state index contributed by atoms with van der Waals surface area (Å²) in [6.45, 7) is 4.08. The Labute approximate surface area is 154 Å². The minimum Gasteiger partial charge on any atom is -0.508 e. The van der Waals surface area contributed by atoms with Crippen molar-refractivity contribution in [3.05, 3.63) is 65.7 Å². The molecular weight excluding hydrogens is 326 g/mol. The van der Waals surface area contributed by atoms with E-state index in [1.165, 1.54) is 5.56 Å². The van der Waals surface area contributed by atoms with Crippen LogP contribution in [0.2, 0.25) is 0 Å². The van der Waals surface area contributed by atoms with Crippen LogP contribution in [0.1, 0.15) is 18.1 Å². The molecule has 0 amide bonds. The summed E-state index contributed by atoms with van der Waals surface area (Å²) in [6, 6.07) is 17.8. The maximum atomic E-state index is 10.4. The van der Waals surface area contributed by atoms with Crippen molar-refractivity contribution in [2.75, 3.05) is 20.8 Å². The molecule has 0 atom stereocenters. The van der Waals surface area contributed by atoms with E-state index in [1.54, 1.807) is 13.2 Å². The molecule has 3 aromatic carbocycles. The van der Waals surface area contributed by atoms with E-state index in [-0.39, 0.29) is 0 Å². The average molecular weight is 351 g/mol. The van der Waals surface area contributed by atoms with Gasteiger partial charge in [0.25, 0.3) is 0 Å². The lowest BCUT2D eigenvalue weighted by atomic mass is 10.0. The molecule has 0 aliphatic carbocycles. The monoisotopic (exact) mass is 351 g/mol. The van der Waals surface area contributed by atoms with Crippen molar-refractivity contribution in [3.63, 3.8) is 0 Å². The number of fused-ring (bicyclic) bond motifs is 1. The third kappa shape index (κ3) is 4.09. The van der Waals surface area contributed by atoms with E-state index >= 15 is 0 Å². The molecule has 4 heteroatoms. The first kappa shape index (κ1) is 18.1. The Morgan fingerprint density at radius 1 is 0.923 bits per heavy atom. The highest BCUT2D eigenvalue weighted by Gasteiger charge is 2.11. The smallest absolute Gasteiger partial charge is 0.120 e. The Morgan fingerprint density at radius 2 is 1.62 bits per heavy atom. The Balaban J connectivity index is 1.80. The molecule has 26 heavy (non-hydrogen) atoms. The summed E-state index contributed by atoms with van der Waals surface area (Å²) >= 11 is 0. The molecule has 0 aliphatic rings. The zero-order chi connectivity index (χ0) is 18.5.